The molecule has 0 unspecified atom stereocenters. The number of benzene rings is 2. The number of rotatable bonds is 10. The van der Waals surface area contributed by atoms with Gasteiger partial charge in [-0.25, -0.2) is 4.98 Å². The maximum atomic E-state index is 5.57. The van der Waals surface area contributed by atoms with Crippen LogP contribution in [-0.2, 0) is 6.54 Å². The second-order valence-corrected chi connectivity index (χ2v) is 9.29. The summed E-state index contributed by atoms with van der Waals surface area (Å²) in [6.07, 6.45) is 4.54. The van der Waals surface area contributed by atoms with Crippen LogP contribution in [-0.4, -0.2) is 58.0 Å². The van der Waals surface area contributed by atoms with Crippen LogP contribution in [0.15, 0.2) is 36.4 Å². The van der Waals surface area contributed by atoms with Crippen LogP contribution in [0.1, 0.15) is 31.2 Å². The third-order valence-corrected chi connectivity index (χ3v) is 6.74. The second kappa shape index (κ2) is 11.4. The molecular weight excluding hydrogens is 442 g/mol. The van der Waals surface area contributed by atoms with Crippen molar-refractivity contribution in [2.45, 2.75) is 38.3 Å². The van der Waals surface area contributed by atoms with Crippen molar-refractivity contribution in [3.63, 3.8) is 0 Å². The van der Waals surface area contributed by atoms with Gasteiger partial charge in [-0.2, -0.15) is 4.98 Å². The zero-order valence-corrected chi connectivity index (χ0v) is 21.4. The summed E-state index contributed by atoms with van der Waals surface area (Å²) in [6, 6.07) is 12.4. The number of ether oxygens (including phenoxy) is 3. The predicted octanol–water partition coefficient (Wildman–Crippen LogP) is 4.48. The fourth-order valence-electron chi connectivity index (χ4n) is 4.81. The van der Waals surface area contributed by atoms with Crippen LogP contribution < -0.4 is 29.7 Å². The number of fused-ring (bicyclic) bond motifs is 1. The van der Waals surface area contributed by atoms with E-state index in [0.29, 0.717) is 24.5 Å². The topological polar surface area (TPSA) is 80.8 Å². The minimum atomic E-state index is 0.393. The molecule has 2 N–H and O–H groups in total. The highest BCUT2D eigenvalue weighted by molar-refractivity contribution is 5.90. The van der Waals surface area contributed by atoms with E-state index >= 15 is 0 Å². The average molecular weight is 480 g/mol. The lowest BCUT2D eigenvalue weighted by molar-refractivity contribution is 0.320. The van der Waals surface area contributed by atoms with E-state index in [4.69, 9.17) is 24.2 Å². The Kier molecular flexibility index (Phi) is 8.13. The quantitative estimate of drug-likeness (QED) is 0.441. The van der Waals surface area contributed by atoms with Crippen molar-refractivity contribution in [1.82, 2.24) is 15.3 Å². The Bertz CT molecular complexity index is 1100. The smallest absolute Gasteiger partial charge is 0.225 e. The van der Waals surface area contributed by atoms with Gasteiger partial charge >= 0.3 is 0 Å². The van der Waals surface area contributed by atoms with Crippen molar-refractivity contribution >= 4 is 22.7 Å². The largest absolute Gasteiger partial charge is 0.496 e. The molecule has 1 saturated carbocycles. The van der Waals surface area contributed by atoms with Crippen LogP contribution in [0.5, 0.6) is 17.2 Å². The molecule has 0 aliphatic heterocycles. The van der Waals surface area contributed by atoms with Crippen molar-refractivity contribution in [3.8, 4) is 17.2 Å². The molecule has 4 rings (SSSR count). The third-order valence-electron chi connectivity index (χ3n) is 6.74. The summed E-state index contributed by atoms with van der Waals surface area (Å²) in [4.78, 5) is 11.6. The summed E-state index contributed by atoms with van der Waals surface area (Å²) < 4.78 is 16.5. The summed E-state index contributed by atoms with van der Waals surface area (Å²) in [5.74, 6) is 4.57. The molecule has 8 nitrogen and oxygen atoms in total. The second-order valence-electron chi connectivity index (χ2n) is 9.29. The summed E-state index contributed by atoms with van der Waals surface area (Å²) in [6.45, 7) is 1.65. The highest BCUT2D eigenvalue weighted by Gasteiger charge is 2.22. The highest BCUT2D eigenvalue weighted by Crippen LogP contribution is 2.34. The van der Waals surface area contributed by atoms with E-state index in [-0.39, 0.29) is 0 Å². The van der Waals surface area contributed by atoms with Gasteiger partial charge in [-0.05, 0) is 50.3 Å². The number of para-hydroxylation sites is 1. The first kappa shape index (κ1) is 24.9. The molecule has 0 amide bonds. The lowest BCUT2D eigenvalue weighted by Crippen LogP contribution is -2.31. The highest BCUT2D eigenvalue weighted by atomic mass is 16.5. The molecule has 188 valence electrons. The predicted molar refractivity (Wildman–Crippen MR) is 141 cm³/mol. The molecule has 3 aromatic rings. The zero-order valence-electron chi connectivity index (χ0n) is 21.4. The fourth-order valence-corrected chi connectivity index (χ4v) is 4.81. The van der Waals surface area contributed by atoms with E-state index in [2.05, 4.69) is 16.7 Å². The van der Waals surface area contributed by atoms with Gasteiger partial charge in [-0.1, -0.05) is 12.1 Å². The molecule has 1 fully saturated rings. The Hall–Kier alpha value is -3.26. The molecular formula is C27H37N5O3. The van der Waals surface area contributed by atoms with Crippen molar-refractivity contribution in [1.29, 1.82) is 0 Å². The monoisotopic (exact) mass is 479 g/mol. The normalized spacial score (nSPS) is 17.7. The Morgan fingerprint density at radius 1 is 0.914 bits per heavy atom. The van der Waals surface area contributed by atoms with E-state index in [1.807, 2.05) is 49.3 Å². The van der Waals surface area contributed by atoms with Crippen molar-refractivity contribution in [2.75, 3.05) is 52.2 Å². The van der Waals surface area contributed by atoms with Crippen molar-refractivity contribution in [3.05, 3.63) is 42.0 Å². The van der Waals surface area contributed by atoms with E-state index in [9.17, 15) is 0 Å². The molecule has 0 radical (unpaired) electrons. The molecule has 0 atom stereocenters. The summed E-state index contributed by atoms with van der Waals surface area (Å²) in [5.41, 5.74) is 1.98. The Morgan fingerprint density at radius 2 is 1.60 bits per heavy atom. The number of nitrogens with zero attached hydrogens (tertiary/aromatic N) is 3. The van der Waals surface area contributed by atoms with Gasteiger partial charge in [0.25, 0.3) is 0 Å². The van der Waals surface area contributed by atoms with Crippen molar-refractivity contribution < 1.29 is 14.2 Å². The van der Waals surface area contributed by atoms with Gasteiger partial charge in [0.15, 0.2) is 0 Å². The van der Waals surface area contributed by atoms with Crippen LogP contribution in [0.25, 0.3) is 10.9 Å². The zero-order chi connectivity index (χ0) is 24.8. The van der Waals surface area contributed by atoms with Gasteiger partial charge in [0.1, 0.15) is 23.1 Å². The van der Waals surface area contributed by atoms with Crippen molar-refractivity contribution in [2.24, 2.45) is 5.92 Å². The van der Waals surface area contributed by atoms with E-state index < -0.39 is 0 Å². The summed E-state index contributed by atoms with van der Waals surface area (Å²) in [5, 5.41) is 8.28. The first-order valence-electron chi connectivity index (χ1n) is 12.2. The van der Waals surface area contributed by atoms with Gasteiger partial charge in [-0.15, -0.1) is 0 Å². The lowest BCUT2D eigenvalue weighted by Gasteiger charge is -2.29. The summed E-state index contributed by atoms with van der Waals surface area (Å²) in [7, 11) is 9.03. The number of methoxy groups -OCH3 is 3. The molecule has 2 aromatic carbocycles. The maximum absolute atomic E-state index is 5.57. The molecule has 1 heterocycles. The molecule has 1 aliphatic rings. The standard InChI is InChI=1S/C27H37N5O3/c1-32(2)26-21-8-6-7-9-23(21)30-27(31-26)29-19-12-10-18(11-13-19)16-28-17-22-24(34-4)14-20(33-3)15-25(22)35-5/h6-9,14-15,18-19,28H,10-13,16-17H2,1-5H3,(H,29,30,31). The van der Waals surface area contributed by atoms with Crippen LogP contribution >= 0.6 is 0 Å². The van der Waals surface area contributed by atoms with Crippen LogP contribution in [0.3, 0.4) is 0 Å². The number of hydrogen-bond donors (Lipinski definition) is 2. The van der Waals surface area contributed by atoms with E-state index in [1.165, 1.54) is 0 Å². The third kappa shape index (κ3) is 5.88. The van der Waals surface area contributed by atoms with Crippen LogP contribution in [0, 0.1) is 5.92 Å². The van der Waals surface area contributed by atoms with Crippen LogP contribution in [0.4, 0.5) is 11.8 Å². The molecule has 8 heteroatoms. The lowest BCUT2D eigenvalue weighted by atomic mass is 9.86. The number of aromatic nitrogens is 2. The fraction of sp³-hybridized carbons (Fsp3) is 0.481. The minimum absolute atomic E-state index is 0.393. The number of hydrogen-bond acceptors (Lipinski definition) is 8. The molecule has 35 heavy (non-hydrogen) atoms. The summed E-state index contributed by atoms with van der Waals surface area (Å²) >= 11 is 0. The Balaban J connectivity index is 1.31. The first-order valence-corrected chi connectivity index (χ1v) is 12.2. The number of anilines is 2. The average Bonchev–Trinajstić information content (AvgIpc) is 2.88. The molecule has 1 aromatic heterocycles. The SMILES string of the molecule is COc1cc(OC)c(CNCC2CCC(Nc3nc(N(C)C)c4ccccc4n3)CC2)c(OC)c1. The van der Waals surface area contributed by atoms with E-state index in [0.717, 1.165) is 71.8 Å². The maximum Gasteiger partial charge on any atom is 0.225 e. The Labute approximate surface area is 208 Å². The van der Waals surface area contributed by atoms with Gasteiger partial charge in [0.2, 0.25) is 5.95 Å². The van der Waals surface area contributed by atoms with E-state index in [1.54, 1.807) is 21.3 Å². The van der Waals surface area contributed by atoms with Gasteiger partial charge in [-0.3, -0.25) is 0 Å². The molecule has 0 saturated heterocycles. The van der Waals surface area contributed by atoms with Crippen LogP contribution in [0.2, 0.25) is 0 Å². The molecule has 1 aliphatic carbocycles. The van der Waals surface area contributed by atoms with Gasteiger partial charge in [0, 0.05) is 44.2 Å². The number of nitrogens with one attached hydrogen (secondary N) is 2. The van der Waals surface area contributed by atoms with Gasteiger partial charge in [0.05, 0.1) is 32.4 Å². The van der Waals surface area contributed by atoms with Gasteiger partial charge < -0.3 is 29.7 Å². The molecule has 0 bridgehead atoms. The Morgan fingerprint density at radius 3 is 2.23 bits per heavy atom. The minimum Gasteiger partial charge on any atom is -0.496 e. The molecule has 0 spiro atoms. The first-order chi connectivity index (χ1) is 17.0.